The number of hydrogen-bond donors (Lipinski definition) is 2. The standard InChI is InChI=1S/C17H17FN2O4S/c1-23-12-6-8-13(9-7-12)25-11-17(22)20-19-16(21)10-24-15-5-3-2-4-14(15)18/h2-9H,10-11H2,1H3,(H,19,21)(H,20,22). The lowest BCUT2D eigenvalue weighted by Crippen LogP contribution is -2.44. The summed E-state index contributed by atoms with van der Waals surface area (Å²) in [7, 11) is 1.58. The van der Waals surface area contributed by atoms with Crippen LogP contribution in [0, 0.1) is 5.82 Å². The summed E-state index contributed by atoms with van der Waals surface area (Å²) in [5.74, 6) is -0.697. The zero-order chi connectivity index (χ0) is 18.1. The number of thioether (sulfide) groups is 1. The molecule has 6 nitrogen and oxygen atoms in total. The maximum atomic E-state index is 13.3. The Morgan fingerprint density at radius 1 is 1.04 bits per heavy atom. The number of ether oxygens (including phenoxy) is 2. The number of carbonyl (C=O) groups is 2. The first-order valence-electron chi connectivity index (χ1n) is 7.30. The van der Waals surface area contributed by atoms with Gasteiger partial charge >= 0.3 is 0 Å². The molecule has 2 aromatic rings. The van der Waals surface area contributed by atoms with E-state index in [1.165, 1.54) is 30.0 Å². The van der Waals surface area contributed by atoms with Gasteiger partial charge in [-0.25, -0.2) is 4.39 Å². The van der Waals surface area contributed by atoms with Crippen molar-refractivity contribution >= 4 is 23.6 Å². The van der Waals surface area contributed by atoms with Crippen molar-refractivity contribution in [3.63, 3.8) is 0 Å². The molecule has 0 saturated heterocycles. The summed E-state index contributed by atoms with van der Waals surface area (Å²) in [6.07, 6.45) is 0. The molecule has 132 valence electrons. The molecule has 2 rings (SSSR count). The fourth-order valence-corrected chi connectivity index (χ4v) is 2.44. The topological polar surface area (TPSA) is 76.7 Å². The Morgan fingerprint density at radius 3 is 2.40 bits per heavy atom. The summed E-state index contributed by atoms with van der Waals surface area (Å²) in [5.41, 5.74) is 4.48. The number of benzene rings is 2. The van der Waals surface area contributed by atoms with E-state index < -0.39 is 18.3 Å². The van der Waals surface area contributed by atoms with Gasteiger partial charge in [-0.15, -0.1) is 11.8 Å². The van der Waals surface area contributed by atoms with E-state index >= 15 is 0 Å². The number of hydrazine groups is 1. The van der Waals surface area contributed by atoms with Crippen molar-refractivity contribution in [3.8, 4) is 11.5 Å². The third kappa shape index (κ3) is 6.34. The minimum Gasteiger partial charge on any atom is -0.497 e. The van der Waals surface area contributed by atoms with Crippen molar-refractivity contribution in [1.29, 1.82) is 0 Å². The van der Waals surface area contributed by atoms with Gasteiger partial charge in [-0.1, -0.05) is 12.1 Å². The quantitative estimate of drug-likeness (QED) is 0.582. The highest BCUT2D eigenvalue weighted by atomic mass is 32.2. The first-order chi connectivity index (χ1) is 12.1. The van der Waals surface area contributed by atoms with Crippen LogP contribution in [0.25, 0.3) is 0 Å². The summed E-state index contributed by atoms with van der Waals surface area (Å²) in [5, 5.41) is 0. The van der Waals surface area contributed by atoms with Gasteiger partial charge in [0.05, 0.1) is 12.9 Å². The Bertz CT molecular complexity index is 725. The van der Waals surface area contributed by atoms with Gasteiger partial charge in [0.2, 0.25) is 5.91 Å². The summed E-state index contributed by atoms with van der Waals surface area (Å²) in [6.45, 7) is -0.410. The van der Waals surface area contributed by atoms with Crippen molar-refractivity contribution in [1.82, 2.24) is 10.9 Å². The van der Waals surface area contributed by atoms with Crippen LogP contribution in [0.1, 0.15) is 0 Å². The van der Waals surface area contributed by atoms with Crippen molar-refractivity contribution < 1.29 is 23.5 Å². The number of amides is 2. The fourth-order valence-electron chi connectivity index (χ4n) is 1.74. The van der Waals surface area contributed by atoms with Crippen molar-refractivity contribution in [2.45, 2.75) is 4.90 Å². The van der Waals surface area contributed by atoms with Gasteiger partial charge in [-0.05, 0) is 36.4 Å². The first kappa shape index (κ1) is 18.6. The molecule has 2 amide bonds. The molecular formula is C17H17FN2O4S. The molecule has 0 bridgehead atoms. The first-order valence-corrected chi connectivity index (χ1v) is 8.29. The van der Waals surface area contributed by atoms with Gasteiger partial charge in [-0.2, -0.15) is 0 Å². The lowest BCUT2D eigenvalue weighted by atomic mass is 10.3. The molecule has 0 aliphatic rings. The number of nitrogens with one attached hydrogen (secondary N) is 2. The summed E-state index contributed by atoms with van der Waals surface area (Å²) in [6, 6.07) is 13.0. The van der Waals surface area contributed by atoms with Crippen LogP contribution in [0.2, 0.25) is 0 Å². The van der Waals surface area contributed by atoms with Crippen LogP contribution in [0.5, 0.6) is 11.5 Å². The van der Waals surface area contributed by atoms with Gasteiger partial charge in [0.15, 0.2) is 18.2 Å². The highest BCUT2D eigenvalue weighted by Gasteiger charge is 2.08. The van der Waals surface area contributed by atoms with Crippen LogP contribution in [0.4, 0.5) is 4.39 Å². The molecule has 8 heteroatoms. The second-order valence-corrected chi connectivity index (χ2v) is 5.83. The molecular weight excluding hydrogens is 347 g/mol. The fraction of sp³-hybridized carbons (Fsp3) is 0.176. The lowest BCUT2D eigenvalue weighted by molar-refractivity contribution is -0.128. The minimum absolute atomic E-state index is 0.0287. The smallest absolute Gasteiger partial charge is 0.276 e. The molecule has 0 unspecified atom stereocenters. The highest BCUT2D eigenvalue weighted by Crippen LogP contribution is 2.20. The van der Waals surface area contributed by atoms with Crippen LogP contribution < -0.4 is 20.3 Å². The molecule has 0 aromatic heterocycles. The van der Waals surface area contributed by atoms with Crippen LogP contribution in [-0.2, 0) is 9.59 Å². The highest BCUT2D eigenvalue weighted by molar-refractivity contribution is 8.00. The Labute approximate surface area is 148 Å². The second kappa shape index (κ2) is 9.53. The Hall–Kier alpha value is -2.74. The Balaban J connectivity index is 1.66. The van der Waals surface area contributed by atoms with E-state index in [1.54, 1.807) is 25.3 Å². The predicted molar refractivity (Wildman–Crippen MR) is 91.9 cm³/mol. The number of halogens is 1. The molecule has 0 heterocycles. The molecule has 0 aliphatic carbocycles. The molecule has 0 aliphatic heterocycles. The molecule has 0 atom stereocenters. The van der Waals surface area contributed by atoms with Crippen LogP contribution >= 0.6 is 11.8 Å². The SMILES string of the molecule is COc1ccc(SCC(=O)NNC(=O)COc2ccccc2F)cc1. The van der Waals surface area contributed by atoms with Gasteiger partial charge in [-0.3, -0.25) is 20.4 Å². The van der Waals surface area contributed by atoms with Gasteiger partial charge in [0.1, 0.15) is 5.75 Å². The Morgan fingerprint density at radius 2 is 1.72 bits per heavy atom. The summed E-state index contributed by atoms with van der Waals surface area (Å²) >= 11 is 1.31. The van der Waals surface area contributed by atoms with E-state index in [9.17, 15) is 14.0 Å². The molecule has 0 fully saturated rings. The molecule has 0 spiro atoms. The zero-order valence-corrected chi connectivity index (χ0v) is 14.3. The van der Waals surface area contributed by atoms with Gasteiger partial charge in [0.25, 0.3) is 5.91 Å². The van der Waals surface area contributed by atoms with E-state index in [2.05, 4.69) is 10.9 Å². The number of para-hydroxylation sites is 1. The Kier molecular flexibility index (Phi) is 7.09. The van der Waals surface area contributed by atoms with E-state index in [1.807, 2.05) is 12.1 Å². The monoisotopic (exact) mass is 364 g/mol. The number of hydrogen-bond acceptors (Lipinski definition) is 5. The van der Waals surface area contributed by atoms with Gasteiger partial charge in [0, 0.05) is 4.90 Å². The minimum atomic E-state index is -0.592. The van der Waals surface area contributed by atoms with Crippen molar-refractivity contribution in [2.24, 2.45) is 0 Å². The zero-order valence-electron chi connectivity index (χ0n) is 13.5. The number of methoxy groups -OCH3 is 1. The average Bonchev–Trinajstić information content (AvgIpc) is 2.64. The van der Waals surface area contributed by atoms with Crippen LogP contribution in [0.15, 0.2) is 53.4 Å². The van der Waals surface area contributed by atoms with E-state index in [0.717, 1.165) is 10.6 Å². The third-order valence-electron chi connectivity index (χ3n) is 2.97. The van der Waals surface area contributed by atoms with Crippen molar-refractivity contribution in [2.75, 3.05) is 19.5 Å². The third-order valence-corrected chi connectivity index (χ3v) is 3.98. The lowest BCUT2D eigenvalue weighted by Gasteiger charge is -2.09. The maximum Gasteiger partial charge on any atom is 0.276 e. The molecule has 25 heavy (non-hydrogen) atoms. The normalized spacial score (nSPS) is 10.0. The van der Waals surface area contributed by atoms with Gasteiger partial charge < -0.3 is 9.47 Å². The van der Waals surface area contributed by atoms with E-state index in [0.29, 0.717) is 0 Å². The molecule has 2 aromatic carbocycles. The summed E-state index contributed by atoms with van der Waals surface area (Å²) < 4.78 is 23.4. The molecule has 0 radical (unpaired) electrons. The molecule has 0 saturated carbocycles. The second-order valence-electron chi connectivity index (χ2n) is 4.78. The predicted octanol–water partition coefficient (Wildman–Crippen LogP) is 2.15. The maximum absolute atomic E-state index is 13.3. The largest absolute Gasteiger partial charge is 0.497 e. The molecule has 2 N–H and O–H groups in total. The van der Waals surface area contributed by atoms with E-state index in [-0.39, 0.29) is 17.4 Å². The van der Waals surface area contributed by atoms with Crippen LogP contribution in [0.3, 0.4) is 0 Å². The van der Waals surface area contributed by atoms with Crippen LogP contribution in [-0.4, -0.2) is 31.3 Å². The average molecular weight is 364 g/mol. The number of carbonyl (C=O) groups excluding carboxylic acids is 2. The number of rotatable bonds is 7. The van der Waals surface area contributed by atoms with Crippen molar-refractivity contribution in [3.05, 3.63) is 54.3 Å². The summed E-state index contributed by atoms with van der Waals surface area (Å²) in [4.78, 5) is 24.2. The van der Waals surface area contributed by atoms with E-state index in [4.69, 9.17) is 9.47 Å².